The molecule has 0 spiro atoms. The van der Waals surface area contributed by atoms with Gasteiger partial charge < -0.3 is 26.2 Å². The molecule has 1 unspecified atom stereocenters. The van der Waals surface area contributed by atoms with Crippen LogP contribution < -0.4 is 11.1 Å². The van der Waals surface area contributed by atoms with Crippen molar-refractivity contribution < 1.29 is 24.6 Å². The number of aliphatic carboxylic acids is 1. The number of amides is 3. The Morgan fingerprint density at radius 1 is 1.37 bits per heavy atom. The van der Waals surface area contributed by atoms with Crippen molar-refractivity contribution in [1.82, 2.24) is 10.2 Å². The minimum Gasteiger partial charge on any atom is -0.480 e. The normalized spacial score (nSPS) is 24.3. The van der Waals surface area contributed by atoms with Gasteiger partial charge in [-0.15, -0.1) is 0 Å². The molecule has 19 heavy (non-hydrogen) atoms. The summed E-state index contributed by atoms with van der Waals surface area (Å²) in [5.41, 5.74) is 5.00. The van der Waals surface area contributed by atoms with E-state index in [2.05, 4.69) is 5.32 Å². The lowest BCUT2D eigenvalue weighted by atomic mass is 10.0. The van der Waals surface area contributed by atoms with Gasteiger partial charge in [0.25, 0.3) is 0 Å². The fraction of sp³-hybridized carbons (Fsp3) is 0.727. The molecule has 0 saturated carbocycles. The number of likely N-dealkylation sites (tertiary alicyclic amines) is 1. The fourth-order valence-electron chi connectivity index (χ4n) is 2.14. The smallest absolute Gasteiger partial charge is 0.326 e. The van der Waals surface area contributed by atoms with E-state index in [9.17, 15) is 19.5 Å². The monoisotopic (exact) mass is 273 g/mol. The van der Waals surface area contributed by atoms with E-state index in [-0.39, 0.29) is 18.9 Å². The van der Waals surface area contributed by atoms with E-state index in [1.807, 2.05) is 0 Å². The second-order valence-corrected chi connectivity index (χ2v) is 4.96. The first kappa shape index (κ1) is 15.2. The Balaban J connectivity index is 2.89. The lowest BCUT2D eigenvalue weighted by Crippen LogP contribution is -2.54. The Hall–Kier alpha value is -1.83. The molecule has 0 aromatic carbocycles. The molecule has 1 heterocycles. The summed E-state index contributed by atoms with van der Waals surface area (Å²) in [5.74, 6) is -1.96. The molecule has 0 radical (unpaired) electrons. The highest BCUT2D eigenvalue weighted by Gasteiger charge is 2.42. The average molecular weight is 273 g/mol. The number of nitrogens with zero attached hydrogens (tertiary/aromatic N) is 1. The molecule has 1 saturated heterocycles. The van der Waals surface area contributed by atoms with Crippen LogP contribution in [0, 0.1) is 5.92 Å². The van der Waals surface area contributed by atoms with Gasteiger partial charge in [-0.1, -0.05) is 13.8 Å². The van der Waals surface area contributed by atoms with Crippen LogP contribution in [-0.4, -0.2) is 57.8 Å². The minimum atomic E-state index is -1.17. The van der Waals surface area contributed by atoms with Crippen molar-refractivity contribution in [3.8, 4) is 0 Å². The molecule has 8 nitrogen and oxygen atoms in total. The Bertz CT molecular complexity index is 385. The summed E-state index contributed by atoms with van der Waals surface area (Å²) < 4.78 is 0. The van der Waals surface area contributed by atoms with Gasteiger partial charge in [-0.3, -0.25) is 4.79 Å². The minimum absolute atomic E-state index is 0.0114. The third-order valence-corrected chi connectivity index (χ3v) is 3.08. The number of nitrogens with one attached hydrogen (secondary N) is 1. The highest BCUT2D eigenvalue weighted by atomic mass is 16.4. The number of nitrogens with two attached hydrogens (primary N) is 1. The van der Waals surface area contributed by atoms with Crippen molar-refractivity contribution >= 4 is 17.9 Å². The number of aliphatic hydroxyl groups is 1. The van der Waals surface area contributed by atoms with Crippen LogP contribution in [0.3, 0.4) is 0 Å². The number of urea groups is 1. The third-order valence-electron chi connectivity index (χ3n) is 3.08. The number of carbonyl (C=O) groups is 3. The maximum absolute atomic E-state index is 12.3. The Kier molecular flexibility index (Phi) is 4.71. The Labute approximate surface area is 110 Å². The predicted molar refractivity (Wildman–Crippen MR) is 65.1 cm³/mol. The molecule has 1 aliphatic rings. The number of carbonyl (C=O) groups excluding carboxylic acids is 2. The zero-order valence-corrected chi connectivity index (χ0v) is 10.9. The highest BCUT2D eigenvalue weighted by Crippen LogP contribution is 2.20. The molecule has 0 aromatic heterocycles. The van der Waals surface area contributed by atoms with Crippen LogP contribution in [0.15, 0.2) is 0 Å². The number of carboxylic acid groups (broad SMARTS) is 1. The summed E-state index contributed by atoms with van der Waals surface area (Å²) in [4.78, 5) is 35.3. The van der Waals surface area contributed by atoms with Crippen LogP contribution in [-0.2, 0) is 9.59 Å². The first-order valence-electron chi connectivity index (χ1n) is 6.01. The van der Waals surface area contributed by atoms with Gasteiger partial charge in [-0.05, 0) is 5.92 Å². The van der Waals surface area contributed by atoms with Crippen LogP contribution in [0.2, 0.25) is 0 Å². The highest BCUT2D eigenvalue weighted by molar-refractivity contribution is 5.90. The average Bonchev–Trinajstić information content (AvgIpc) is 2.67. The second kappa shape index (κ2) is 5.87. The van der Waals surface area contributed by atoms with Crippen LogP contribution in [0.5, 0.6) is 0 Å². The van der Waals surface area contributed by atoms with Crippen LogP contribution in [0.1, 0.15) is 20.3 Å². The molecule has 3 atom stereocenters. The van der Waals surface area contributed by atoms with Crippen LogP contribution >= 0.6 is 0 Å². The van der Waals surface area contributed by atoms with E-state index in [4.69, 9.17) is 10.8 Å². The molecule has 3 amide bonds. The maximum Gasteiger partial charge on any atom is 0.326 e. The summed E-state index contributed by atoms with van der Waals surface area (Å²) in [6, 6.07) is -2.82. The molecule has 0 bridgehead atoms. The number of β-amino-alcohol motifs (C(OH)–C–C–N with tert-alkyl or cyclic N) is 1. The van der Waals surface area contributed by atoms with Crippen LogP contribution in [0.25, 0.3) is 0 Å². The molecular weight excluding hydrogens is 254 g/mol. The maximum atomic E-state index is 12.3. The van der Waals surface area contributed by atoms with Gasteiger partial charge in [0.05, 0.1) is 6.10 Å². The molecule has 0 aromatic rings. The van der Waals surface area contributed by atoms with Crippen molar-refractivity contribution in [3.05, 3.63) is 0 Å². The van der Waals surface area contributed by atoms with E-state index in [0.29, 0.717) is 0 Å². The summed E-state index contributed by atoms with van der Waals surface area (Å²) in [5, 5.41) is 20.8. The zero-order valence-electron chi connectivity index (χ0n) is 10.9. The SMILES string of the molecule is CC(C)C(NC(N)=O)C(=O)N1C[C@H](O)C[C@H]1C(=O)O. The first-order valence-corrected chi connectivity index (χ1v) is 6.01. The van der Waals surface area contributed by atoms with E-state index < -0.39 is 36.1 Å². The van der Waals surface area contributed by atoms with Crippen molar-refractivity contribution in [2.75, 3.05) is 6.54 Å². The Morgan fingerprint density at radius 3 is 2.37 bits per heavy atom. The van der Waals surface area contributed by atoms with Crippen LogP contribution in [0.4, 0.5) is 4.79 Å². The Morgan fingerprint density at radius 2 is 1.95 bits per heavy atom. The number of hydrogen-bond acceptors (Lipinski definition) is 4. The van der Waals surface area contributed by atoms with Crippen molar-refractivity contribution in [1.29, 1.82) is 0 Å². The number of carboxylic acids is 1. The number of primary amides is 1. The zero-order chi connectivity index (χ0) is 14.7. The second-order valence-electron chi connectivity index (χ2n) is 4.96. The summed E-state index contributed by atoms with van der Waals surface area (Å²) in [7, 11) is 0. The van der Waals surface area contributed by atoms with E-state index in [1.165, 1.54) is 0 Å². The first-order chi connectivity index (χ1) is 8.73. The molecule has 0 aliphatic carbocycles. The summed E-state index contributed by atoms with van der Waals surface area (Å²) in [6.45, 7) is 3.36. The molecule has 8 heteroatoms. The van der Waals surface area contributed by atoms with Gasteiger partial charge in [0.15, 0.2) is 0 Å². The van der Waals surface area contributed by atoms with Crippen molar-refractivity contribution in [2.45, 2.75) is 38.5 Å². The topological polar surface area (TPSA) is 133 Å². The number of hydrogen-bond donors (Lipinski definition) is 4. The molecule has 5 N–H and O–H groups in total. The van der Waals surface area contributed by atoms with Gasteiger partial charge >= 0.3 is 12.0 Å². The van der Waals surface area contributed by atoms with Gasteiger partial charge in [0.1, 0.15) is 12.1 Å². The molecule has 108 valence electrons. The van der Waals surface area contributed by atoms with Gasteiger partial charge in [0.2, 0.25) is 5.91 Å². The lowest BCUT2D eigenvalue weighted by Gasteiger charge is -2.28. The van der Waals surface area contributed by atoms with E-state index >= 15 is 0 Å². The van der Waals surface area contributed by atoms with Gasteiger partial charge in [-0.2, -0.15) is 0 Å². The standard InChI is InChI=1S/C11H19N3O5/c1-5(2)8(13-11(12)19)9(16)14-4-6(15)3-7(14)10(17)18/h5-8,15H,3-4H2,1-2H3,(H,17,18)(H3,12,13,19)/t6-,7+,8?/m1/s1. The van der Waals surface area contributed by atoms with Crippen molar-refractivity contribution in [3.63, 3.8) is 0 Å². The molecule has 1 fully saturated rings. The third kappa shape index (κ3) is 3.57. The summed E-state index contributed by atoms with van der Waals surface area (Å²) >= 11 is 0. The van der Waals surface area contributed by atoms with Gasteiger partial charge in [0, 0.05) is 13.0 Å². The largest absolute Gasteiger partial charge is 0.480 e. The fourth-order valence-corrected chi connectivity index (χ4v) is 2.14. The molecular formula is C11H19N3O5. The van der Waals surface area contributed by atoms with E-state index in [0.717, 1.165) is 4.90 Å². The van der Waals surface area contributed by atoms with Crippen molar-refractivity contribution in [2.24, 2.45) is 11.7 Å². The predicted octanol–water partition coefficient (Wildman–Crippen LogP) is -1.27. The number of aliphatic hydroxyl groups excluding tert-OH is 1. The number of rotatable bonds is 4. The molecule has 1 aliphatic heterocycles. The quantitative estimate of drug-likeness (QED) is 0.506. The molecule has 1 rings (SSSR count). The van der Waals surface area contributed by atoms with Gasteiger partial charge in [-0.25, -0.2) is 9.59 Å². The van der Waals surface area contributed by atoms with E-state index in [1.54, 1.807) is 13.8 Å². The summed E-state index contributed by atoms with van der Waals surface area (Å²) in [6.07, 6.45) is -0.880. The lowest BCUT2D eigenvalue weighted by molar-refractivity contribution is -0.149.